The summed E-state index contributed by atoms with van der Waals surface area (Å²) in [6, 6.07) is 13.0. The molecule has 7 heteroatoms. The van der Waals surface area contributed by atoms with Crippen LogP contribution in [-0.2, 0) is 11.3 Å². The van der Waals surface area contributed by atoms with Gasteiger partial charge in [-0.15, -0.1) is 5.10 Å². The van der Waals surface area contributed by atoms with Gasteiger partial charge in [0.05, 0.1) is 12.3 Å². The van der Waals surface area contributed by atoms with Crippen molar-refractivity contribution in [2.24, 2.45) is 0 Å². The highest BCUT2D eigenvalue weighted by Gasteiger charge is 2.21. The van der Waals surface area contributed by atoms with Gasteiger partial charge >= 0.3 is 0 Å². The van der Waals surface area contributed by atoms with Crippen LogP contribution >= 0.6 is 11.6 Å². The lowest BCUT2D eigenvalue weighted by molar-refractivity contribution is 0.101. The summed E-state index contributed by atoms with van der Waals surface area (Å²) >= 11 is 5.94. The summed E-state index contributed by atoms with van der Waals surface area (Å²) in [7, 11) is 1.56. The molecule has 1 aromatic heterocycles. The number of hydrogen-bond acceptors (Lipinski definition) is 4. The Bertz CT molecular complexity index is 915. The molecular weight excluding hydrogens is 352 g/mol. The van der Waals surface area contributed by atoms with Gasteiger partial charge in [0.25, 0.3) is 5.91 Å². The van der Waals surface area contributed by atoms with E-state index < -0.39 is 0 Å². The topological polar surface area (TPSA) is 69.0 Å². The third kappa shape index (κ3) is 3.92. The number of nitrogens with one attached hydrogen (secondary N) is 1. The van der Waals surface area contributed by atoms with Crippen LogP contribution in [0.15, 0.2) is 42.5 Å². The van der Waals surface area contributed by atoms with E-state index in [0.29, 0.717) is 10.7 Å². The third-order valence-corrected chi connectivity index (χ3v) is 4.06. The molecule has 1 amide bonds. The standard InChI is InChI=1S/C19H19ClN4O2/c1-12-8-13(2)10-15(9-12)21-19(25)18-17(11-26-3)24(23-22-18)16-6-4-14(20)5-7-16/h4-10H,11H2,1-3H3,(H,21,25). The van der Waals surface area contributed by atoms with E-state index in [1.807, 2.05) is 44.2 Å². The van der Waals surface area contributed by atoms with E-state index in [1.54, 1.807) is 23.9 Å². The van der Waals surface area contributed by atoms with E-state index in [4.69, 9.17) is 16.3 Å². The SMILES string of the molecule is COCc1c(C(=O)Nc2cc(C)cc(C)c2)nnn1-c1ccc(Cl)cc1. The molecule has 3 rings (SSSR count). The summed E-state index contributed by atoms with van der Waals surface area (Å²) < 4.78 is 6.82. The van der Waals surface area contributed by atoms with Gasteiger partial charge in [0.15, 0.2) is 5.69 Å². The molecule has 0 bridgehead atoms. The van der Waals surface area contributed by atoms with Crippen molar-refractivity contribution in [1.29, 1.82) is 0 Å². The van der Waals surface area contributed by atoms with Gasteiger partial charge in [-0.05, 0) is 61.4 Å². The molecule has 0 unspecified atom stereocenters. The van der Waals surface area contributed by atoms with Gasteiger partial charge < -0.3 is 10.1 Å². The fourth-order valence-electron chi connectivity index (χ4n) is 2.77. The predicted octanol–water partition coefficient (Wildman–Crippen LogP) is 3.94. The molecule has 0 saturated heterocycles. The number of nitrogens with zero attached hydrogens (tertiary/aromatic N) is 3. The van der Waals surface area contributed by atoms with E-state index in [2.05, 4.69) is 15.6 Å². The van der Waals surface area contributed by atoms with Gasteiger partial charge in [-0.25, -0.2) is 4.68 Å². The Morgan fingerprint density at radius 3 is 2.42 bits per heavy atom. The first-order valence-corrected chi connectivity index (χ1v) is 8.45. The number of hydrogen-bond donors (Lipinski definition) is 1. The van der Waals surface area contributed by atoms with Crippen molar-refractivity contribution in [2.45, 2.75) is 20.5 Å². The van der Waals surface area contributed by atoms with Gasteiger partial charge in [-0.1, -0.05) is 22.9 Å². The highest BCUT2D eigenvalue weighted by Crippen LogP contribution is 2.19. The van der Waals surface area contributed by atoms with Crippen LogP contribution in [0.2, 0.25) is 5.02 Å². The van der Waals surface area contributed by atoms with Crippen molar-refractivity contribution in [2.75, 3.05) is 12.4 Å². The minimum atomic E-state index is -0.331. The second-order valence-electron chi connectivity index (χ2n) is 6.04. The summed E-state index contributed by atoms with van der Waals surface area (Å²) in [5.74, 6) is -0.331. The Morgan fingerprint density at radius 1 is 1.15 bits per heavy atom. The lowest BCUT2D eigenvalue weighted by Crippen LogP contribution is -2.16. The second-order valence-corrected chi connectivity index (χ2v) is 6.47. The van der Waals surface area contributed by atoms with Crippen LogP contribution in [0, 0.1) is 13.8 Å². The molecule has 0 radical (unpaired) electrons. The normalized spacial score (nSPS) is 10.8. The Balaban J connectivity index is 1.94. The van der Waals surface area contributed by atoms with Crippen molar-refractivity contribution in [3.63, 3.8) is 0 Å². The molecule has 1 N–H and O–H groups in total. The van der Waals surface area contributed by atoms with E-state index in [-0.39, 0.29) is 18.2 Å². The first-order chi connectivity index (χ1) is 12.5. The first-order valence-electron chi connectivity index (χ1n) is 8.07. The number of anilines is 1. The number of halogens is 1. The van der Waals surface area contributed by atoms with Crippen molar-refractivity contribution in [3.8, 4) is 5.69 Å². The molecule has 0 saturated carbocycles. The molecule has 134 valence electrons. The fraction of sp³-hybridized carbons (Fsp3) is 0.211. The number of carbonyl (C=O) groups is 1. The van der Waals surface area contributed by atoms with Gasteiger partial charge in [-0.3, -0.25) is 4.79 Å². The number of ether oxygens (including phenoxy) is 1. The molecule has 2 aromatic carbocycles. The number of aryl methyl sites for hydroxylation is 2. The van der Waals surface area contributed by atoms with E-state index in [1.165, 1.54) is 0 Å². The van der Waals surface area contributed by atoms with Crippen LogP contribution in [0.25, 0.3) is 5.69 Å². The summed E-state index contributed by atoms with van der Waals surface area (Å²) in [4.78, 5) is 12.7. The molecule has 0 spiro atoms. The summed E-state index contributed by atoms with van der Waals surface area (Å²) in [5, 5.41) is 11.7. The van der Waals surface area contributed by atoms with Crippen LogP contribution in [0.1, 0.15) is 27.3 Å². The van der Waals surface area contributed by atoms with Crippen molar-refractivity contribution < 1.29 is 9.53 Å². The molecule has 0 aliphatic heterocycles. The molecule has 0 aliphatic carbocycles. The Morgan fingerprint density at radius 2 is 1.81 bits per heavy atom. The quantitative estimate of drug-likeness (QED) is 0.738. The monoisotopic (exact) mass is 370 g/mol. The molecule has 3 aromatic rings. The summed E-state index contributed by atoms with van der Waals surface area (Å²) in [6.45, 7) is 4.16. The smallest absolute Gasteiger partial charge is 0.278 e. The maximum atomic E-state index is 12.7. The van der Waals surface area contributed by atoms with Crippen LogP contribution in [0.4, 0.5) is 5.69 Å². The lowest BCUT2D eigenvalue weighted by atomic mass is 10.1. The van der Waals surface area contributed by atoms with Crippen LogP contribution in [0.5, 0.6) is 0 Å². The highest BCUT2D eigenvalue weighted by molar-refractivity contribution is 6.30. The number of aromatic nitrogens is 3. The van der Waals surface area contributed by atoms with Gasteiger partial charge in [0.1, 0.15) is 5.69 Å². The maximum Gasteiger partial charge on any atom is 0.278 e. The van der Waals surface area contributed by atoms with Crippen LogP contribution < -0.4 is 5.32 Å². The fourth-order valence-corrected chi connectivity index (χ4v) is 2.90. The minimum Gasteiger partial charge on any atom is -0.378 e. The van der Waals surface area contributed by atoms with Crippen LogP contribution in [0.3, 0.4) is 0 Å². The zero-order valence-corrected chi connectivity index (χ0v) is 15.5. The number of rotatable bonds is 5. The molecule has 0 atom stereocenters. The van der Waals surface area contributed by atoms with Crippen molar-refractivity contribution in [3.05, 3.63) is 70.0 Å². The number of amides is 1. The zero-order valence-electron chi connectivity index (χ0n) is 14.8. The van der Waals surface area contributed by atoms with Gasteiger partial charge in [0.2, 0.25) is 0 Å². The Labute approximate surface area is 156 Å². The largest absolute Gasteiger partial charge is 0.378 e. The average Bonchev–Trinajstić information content (AvgIpc) is 2.99. The van der Waals surface area contributed by atoms with Gasteiger partial charge in [0, 0.05) is 17.8 Å². The molecule has 0 aliphatic rings. The third-order valence-electron chi connectivity index (χ3n) is 3.81. The molecule has 0 fully saturated rings. The van der Waals surface area contributed by atoms with E-state index in [9.17, 15) is 4.79 Å². The first kappa shape index (κ1) is 18.1. The minimum absolute atomic E-state index is 0.200. The van der Waals surface area contributed by atoms with E-state index >= 15 is 0 Å². The molecule has 6 nitrogen and oxygen atoms in total. The van der Waals surface area contributed by atoms with Crippen molar-refractivity contribution in [1.82, 2.24) is 15.0 Å². The second kappa shape index (κ2) is 7.68. The average molecular weight is 371 g/mol. The molecule has 1 heterocycles. The van der Waals surface area contributed by atoms with Gasteiger partial charge in [-0.2, -0.15) is 0 Å². The maximum absolute atomic E-state index is 12.7. The lowest BCUT2D eigenvalue weighted by Gasteiger charge is -2.09. The summed E-state index contributed by atoms with van der Waals surface area (Å²) in [6.07, 6.45) is 0. The predicted molar refractivity (Wildman–Crippen MR) is 101 cm³/mol. The Kier molecular flexibility index (Phi) is 5.35. The number of benzene rings is 2. The Hall–Kier alpha value is -2.70. The van der Waals surface area contributed by atoms with Crippen LogP contribution in [-0.4, -0.2) is 28.0 Å². The molecular formula is C19H19ClN4O2. The number of carbonyl (C=O) groups excluding carboxylic acids is 1. The zero-order chi connectivity index (χ0) is 18.7. The highest BCUT2D eigenvalue weighted by atomic mass is 35.5. The molecule has 26 heavy (non-hydrogen) atoms. The van der Waals surface area contributed by atoms with E-state index in [0.717, 1.165) is 22.5 Å². The number of methoxy groups -OCH3 is 1. The summed E-state index contributed by atoms with van der Waals surface area (Å²) in [5.41, 5.74) is 4.40. The van der Waals surface area contributed by atoms with Crippen molar-refractivity contribution >= 4 is 23.2 Å².